The Bertz CT molecular complexity index is 250. The average molecular weight is 242 g/mol. The lowest BCUT2D eigenvalue weighted by Crippen LogP contribution is -2.56. The molecule has 1 saturated heterocycles. The molecule has 17 heavy (non-hydrogen) atoms. The number of hydrogen-bond donors (Lipinski definition) is 2. The molecule has 4 heteroatoms. The SMILES string of the molecule is CCC1CN(C2CCCC(N)(CO)C2)CCO1. The van der Waals surface area contributed by atoms with Crippen molar-refractivity contribution in [3.63, 3.8) is 0 Å². The van der Waals surface area contributed by atoms with Gasteiger partial charge in [-0.05, 0) is 32.1 Å². The molecule has 0 aromatic rings. The van der Waals surface area contributed by atoms with Crippen molar-refractivity contribution in [2.24, 2.45) is 5.73 Å². The molecule has 4 nitrogen and oxygen atoms in total. The standard InChI is InChI=1S/C13H26N2O2/c1-2-12-9-15(6-7-17-12)11-4-3-5-13(14,8-11)10-16/h11-12,16H,2-10,14H2,1H3. The average Bonchev–Trinajstić information content (AvgIpc) is 2.39. The minimum Gasteiger partial charge on any atom is -0.394 e. The Morgan fingerprint density at radius 3 is 3.06 bits per heavy atom. The van der Waals surface area contributed by atoms with Crippen molar-refractivity contribution in [2.75, 3.05) is 26.3 Å². The zero-order valence-corrected chi connectivity index (χ0v) is 10.9. The second kappa shape index (κ2) is 5.65. The van der Waals surface area contributed by atoms with Crippen molar-refractivity contribution in [2.45, 2.75) is 56.7 Å². The Morgan fingerprint density at radius 1 is 1.53 bits per heavy atom. The van der Waals surface area contributed by atoms with Crippen LogP contribution in [0.3, 0.4) is 0 Å². The molecule has 1 aliphatic carbocycles. The maximum Gasteiger partial charge on any atom is 0.0700 e. The number of morpholine rings is 1. The van der Waals surface area contributed by atoms with Crippen LogP contribution in [0.2, 0.25) is 0 Å². The molecule has 0 radical (unpaired) electrons. The van der Waals surface area contributed by atoms with E-state index in [4.69, 9.17) is 10.5 Å². The molecule has 2 rings (SSSR count). The van der Waals surface area contributed by atoms with Gasteiger partial charge < -0.3 is 15.6 Å². The van der Waals surface area contributed by atoms with Gasteiger partial charge in [-0.15, -0.1) is 0 Å². The van der Waals surface area contributed by atoms with Gasteiger partial charge in [-0.25, -0.2) is 0 Å². The summed E-state index contributed by atoms with van der Waals surface area (Å²) in [7, 11) is 0. The largest absolute Gasteiger partial charge is 0.394 e. The molecule has 3 N–H and O–H groups in total. The first kappa shape index (κ1) is 13.3. The van der Waals surface area contributed by atoms with E-state index in [-0.39, 0.29) is 12.1 Å². The maximum atomic E-state index is 9.40. The molecule has 0 spiro atoms. The fraction of sp³-hybridized carbons (Fsp3) is 1.00. The van der Waals surface area contributed by atoms with Crippen molar-refractivity contribution in [1.29, 1.82) is 0 Å². The number of aliphatic hydroxyl groups is 1. The number of nitrogens with two attached hydrogens (primary N) is 1. The van der Waals surface area contributed by atoms with Gasteiger partial charge in [0.15, 0.2) is 0 Å². The number of nitrogens with zero attached hydrogens (tertiary/aromatic N) is 1. The lowest BCUT2D eigenvalue weighted by molar-refractivity contribution is -0.0556. The predicted molar refractivity (Wildman–Crippen MR) is 67.9 cm³/mol. The fourth-order valence-electron chi connectivity index (χ4n) is 3.14. The lowest BCUT2D eigenvalue weighted by atomic mass is 9.79. The van der Waals surface area contributed by atoms with Gasteiger partial charge >= 0.3 is 0 Å². The Balaban J connectivity index is 1.92. The number of ether oxygens (including phenoxy) is 1. The molecule has 0 bridgehead atoms. The van der Waals surface area contributed by atoms with E-state index in [1.165, 1.54) is 6.42 Å². The third-order valence-corrected chi connectivity index (χ3v) is 4.31. The first-order valence-corrected chi connectivity index (χ1v) is 6.92. The molecule has 3 unspecified atom stereocenters. The Kier molecular flexibility index (Phi) is 4.42. The molecular weight excluding hydrogens is 216 g/mol. The van der Waals surface area contributed by atoms with E-state index < -0.39 is 0 Å². The number of aliphatic hydroxyl groups excluding tert-OH is 1. The molecule has 0 aromatic heterocycles. The van der Waals surface area contributed by atoms with E-state index in [1.807, 2.05) is 0 Å². The van der Waals surface area contributed by atoms with Gasteiger partial charge in [-0.3, -0.25) is 4.90 Å². The smallest absolute Gasteiger partial charge is 0.0700 e. The van der Waals surface area contributed by atoms with Gasteiger partial charge in [0.1, 0.15) is 0 Å². The third kappa shape index (κ3) is 3.19. The molecule has 1 heterocycles. The van der Waals surface area contributed by atoms with Crippen LogP contribution in [-0.2, 0) is 4.74 Å². The van der Waals surface area contributed by atoms with Crippen molar-refractivity contribution in [3.05, 3.63) is 0 Å². The van der Waals surface area contributed by atoms with Gasteiger partial charge in [0.25, 0.3) is 0 Å². The van der Waals surface area contributed by atoms with E-state index in [0.717, 1.165) is 45.4 Å². The number of rotatable bonds is 3. The van der Waals surface area contributed by atoms with Gasteiger partial charge in [-0.2, -0.15) is 0 Å². The van der Waals surface area contributed by atoms with E-state index in [2.05, 4.69) is 11.8 Å². The van der Waals surface area contributed by atoms with Crippen LogP contribution in [0.1, 0.15) is 39.0 Å². The van der Waals surface area contributed by atoms with Crippen molar-refractivity contribution in [1.82, 2.24) is 4.90 Å². The second-order valence-electron chi connectivity index (χ2n) is 5.67. The topological polar surface area (TPSA) is 58.7 Å². The monoisotopic (exact) mass is 242 g/mol. The van der Waals surface area contributed by atoms with Crippen molar-refractivity contribution in [3.8, 4) is 0 Å². The Hall–Kier alpha value is -0.160. The summed E-state index contributed by atoms with van der Waals surface area (Å²) in [6.45, 7) is 5.18. The van der Waals surface area contributed by atoms with Crippen LogP contribution in [0.25, 0.3) is 0 Å². The summed E-state index contributed by atoms with van der Waals surface area (Å²) < 4.78 is 5.70. The maximum absolute atomic E-state index is 9.40. The normalized spacial score (nSPS) is 40.4. The van der Waals surface area contributed by atoms with Gasteiger partial charge in [0, 0.05) is 24.7 Å². The van der Waals surface area contributed by atoms with Crippen LogP contribution in [0.15, 0.2) is 0 Å². The zero-order chi connectivity index (χ0) is 12.3. The first-order chi connectivity index (χ1) is 8.17. The Labute approximate surface area is 104 Å². The number of hydrogen-bond acceptors (Lipinski definition) is 4. The molecule has 2 fully saturated rings. The predicted octanol–water partition coefficient (Wildman–Crippen LogP) is 0.730. The van der Waals surface area contributed by atoms with Crippen LogP contribution in [0.4, 0.5) is 0 Å². The molecule has 1 aliphatic heterocycles. The molecule has 100 valence electrons. The van der Waals surface area contributed by atoms with E-state index in [9.17, 15) is 5.11 Å². The first-order valence-electron chi connectivity index (χ1n) is 6.92. The quantitative estimate of drug-likeness (QED) is 0.766. The molecule has 3 atom stereocenters. The molecule has 1 saturated carbocycles. The van der Waals surface area contributed by atoms with Gasteiger partial charge in [-0.1, -0.05) is 6.92 Å². The minimum atomic E-state index is -0.344. The highest BCUT2D eigenvalue weighted by Crippen LogP contribution is 2.30. The lowest BCUT2D eigenvalue weighted by Gasteiger charge is -2.44. The van der Waals surface area contributed by atoms with Crippen LogP contribution in [0.5, 0.6) is 0 Å². The summed E-state index contributed by atoms with van der Waals surface area (Å²) in [5.41, 5.74) is 5.87. The van der Waals surface area contributed by atoms with Crippen molar-refractivity contribution >= 4 is 0 Å². The highest BCUT2D eigenvalue weighted by molar-refractivity contribution is 4.94. The zero-order valence-electron chi connectivity index (χ0n) is 10.9. The Morgan fingerprint density at radius 2 is 2.35 bits per heavy atom. The molecule has 2 aliphatic rings. The van der Waals surface area contributed by atoms with Crippen LogP contribution < -0.4 is 5.73 Å². The third-order valence-electron chi connectivity index (χ3n) is 4.31. The molecule has 0 aromatic carbocycles. The summed E-state index contributed by atoms with van der Waals surface area (Å²) in [6, 6.07) is 0.541. The second-order valence-corrected chi connectivity index (χ2v) is 5.67. The summed E-state index contributed by atoms with van der Waals surface area (Å²) in [5.74, 6) is 0. The summed E-state index contributed by atoms with van der Waals surface area (Å²) in [4.78, 5) is 2.52. The molecular formula is C13H26N2O2. The van der Waals surface area contributed by atoms with E-state index in [0.29, 0.717) is 12.1 Å². The van der Waals surface area contributed by atoms with Crippen LogP contribution in [0, 0.1) is 0 Å². The van der Waals surface area contributed by atoms with Crippen LogP contribution >= 0.6 is 0 Å². The van der Waals surface area contributed by atoms with Crippen molar-refractivity contribution < 1.29 is 9.84 Å². The summed E-state index contributed by atoms with van der Waals surface area (Å²) >= 11 is 0. The highest BCUT2D eigenvalue weighted by Gasteiger charge is 2.36. The summed E-state index contributed by atoms with van der Waals surface area (Å²) in [6.07, 6.45) is 5.70. The van der Waals surface area contributed by atoms with Gasteiger partial charge in [0.05, 0.1) is 19.3 Å². The van der Waals surface area contributed by atoms with Gasteiger partial charge in [0.2, 0.25) is 0 Å². The fourth-order valence-corrected chi connectivity index (χ4v) is 3.14. The van der Waals surface area contributed by atoms with E-state index in [1.54, 1.807) is 0 Å². The highest BCUT2D eigenvalue weighted by atomic mass is 16.5. The summed E-state index contributed by atoms with van der Waals surface area (Å²) in [5, 5.41) is 9.40. The van der Waals surface area contributed by atoms with E-state index >= 15 is 0 Å². The minimum absolute atomic E-state index is 0.116. The van der Waals surface area contributed by atoms with Crippen LogP contribution in [-0.4, -0.2) is 54.0 Å². The molecule has 0 amide bonds.